The summed E-state index contributed by atoms with van der Waals surface area (Å²) in [5.41, 5.74) is 0. The summed E-state index contributed by atoms with van der Waals surface area (Å²) in [5, 5.41) is 1.59. The van der Waals surface area contributed by atoms with Gasteiger partial charge in [-0.05, 0) is 0 Å². The van der Waals surface area contributed by atoms with Crippen LogP contribution in [0.25, 0.3) is 0 Å². The Balaban J connectivity index is 0.00000128. The second-order valence-corrected chi connectivity index (χ2v) is 7.16. The van der Waals surface area contributed by atoms with Crippen LogP contribution >= 0.6 is 56.8 Å². The molecule has 0 aromatic heterocycles. The molecule has 0 aliphatic heterocycles. The van der Waals surface area contributed by atoms with Crippen molar-refractivity contribution in [3.05, 3.63) is 65.7 Å². The van der Waals surface area contributed by atoms with Crippen LogP contribution in [0.4, 0.5) is 0 Å². The van der Waals surface area contributed by atoms with Gasteiger partial charge in [-0.3, -0.25) is 0 Å². The van der Waals surface area contributed by atoms with E-state index in [2.05, 4.69) is 24.3 Å². The first kappa shape index (κ1) is 14.1. The molecular formula is C12H10Cl3I. The Morgan fingerprint density at radius 2 is 0.938 bits per heavy atom. The second kappa shape index (κ2) is 6.70. The van der Waals surface area contributed by atoms with Gasteiger partial charge in [0.05, 0.1) is 0 Å². The topological polar surface area (TPSA) is 0 Å². The minimum absolute atomic E-state index is 0. The number of halogens is 4. The zero-order valence-electron chi connectivity index (χ0n) is 8.19. The molecule has 0 unspecified atom stereocenters. The Labute approximate surface area is 122 Å². The number of rotatable bonds is 2. The van der Waals surface area contributed by atoms with Crippen LogP contribution in [0.5, 0.6) is 0 Å². The van der Waals surface area contributed by atoms with E-state index in [0.29, 0.717) is 0 Å². The van der Waals surface area contributed by atoms with E-state index in [0.717, 1.165) is 10.0 Å². The molecule has 0 aliphatic carbocycles. The molecule has 0 heterocycles. The SMILES string of the molecule is Cl.Clc1ccc([IH]c2ccc(Cl)cc2)cc1. The molecule has 0 saturated heterocycles. The van der Waals surface area contributed by atoms with Crippen molar-refractivity contribution >= 4 is 56.8 Å². The van der Waals surface area contributed by atoms with Gasteiger partial charge < -0.3 is 0 Å². The molecule has 4 heteroatoms. The van der Waals surface area contributed by atoms with E-state index in [-0.39, 0.29) is 33.6 Å². The van der Waals surface area contributed by atoms with Gasteiger partial charge in [-0.25, -0.2) is 0 Å². The van der Waals surface area contributed by atoms with Gasteiger partial charge in [-0.15, -0.1) is 12.4 Å². The van der Waals surface area contributed by atoms with Crippen molar-refractivity contribution in [1.29, 1.82) is 0 Å². The fraction of sp³-hybridized carbons (Fsp3) is 0. The zero-order valence-corrected chi connectivity index (χ0v) is 12.8. The molecule has 0 N–H and O–H groups in total. The van der Waals surface area contributed by atoms with E-state index in [9.17, 15) is 0 Å². The van der Waals surface area contributed by atoms with Crippen LogP contribution in [-0.2, 0) is 0 Å². The molecule has 0 radical (unpaired) electrons. The Kier molecular flexibility index (Phi) is 5.90. The van der Waals surface area contributed by atoms with E-state index in [1.54, 1.807) is 0 Å². The van der Waals surface area contributed by atoms with Crippen molar-refractivity contribution in [2.45, 2.75) is 0 Å². The van der Waals surface area contributed by atoms with Gasteiger partial charge in [0.1, 0.15) is 0 Å². The summed E-state index contributed by atoms with van der Waals surface area (Å²) in [6.07, 6.45) is 0. The zero-order chi connectivity index (χ0) is 10.7. The molecule has 0 atom stereocenters. The summed E-state index contributed by atoms with van der Waals surface area (Å²) in [5.74, 6) is 0. The molecule has 2 aromatic carbocycles. The first-order valence-electron chi connectivity index (χ1n) is 4.43. The third kappa shape index (κ3) is 4.13. The fourth-order valence-corrected chi connectivity index (χ4v) is 3.72. The molecule has 0 bridgehead atoms. The Hall–Kier alpha value is 0.0400. The summed E-state index contributed by atoms with van der Waals surface area (Å²) in [6.45, 7) is 0. The van der Waals surface area contributed by atoms with Crippen molar-refractivity contribution < 1.29 is 0 Å². The average Bonchev–Trinajstić information content (AvgIpc) is 2.25. The van der Waals surface area contributed by atoms with Crippen molar-refractivity contribution in [2.75, 3.05) is 0 Å². The fourth-order valence-electron chi connectivity index (χ4n) is 1.14. The van der Waals surface area contributed by atoms with Gasteiger partial charge in [0, 0.05) is 0 Å². The predicted molar refractivity (Wildman–Crippen MR) is 83.0 cm³/mol. The van der Waals surface area contributed by atoms with E-state index < -0.39 is 0 Å². The van der Waals surface area contributed by atoms with Gasteiger partial charge in [-0.2, -0.15) is 0 Å². The standard InChI is InChI=1S/C12H9Cl2I.ClH/c13-9-1-5-11(6-2-9)15-12-7-3-10(14)4-8-12;/h1-8,15H;1H. The molecule has 0 spiro atoms. The molecule has 0 amide bonds. The van der Waals surface area contributed by atoms with E-state index in [1.807, 2.05) is 24.3 Å². The second-order valence-electron chi connectivity index (χ2n) is 3.01. The van der Waals surface area contributed by atoms with Crippen LogP contribution in [0.15, 0.2) is 48.5 Å². The summed E-state index contributed by atoms with van der Waals surface area (Å²) < 4.78 is 2.76. The van der Waals surface area contributed by atoms with Crippen molar-refractivity contribution in [3.63, 3.8) is 0 Å². The summed E-state index contributed by atoms with van der Waals surface area (Å²) >= 11 is 11.4. The Morgan fingerprint density at radius 1 is 0.625 bits per heavy atom. The number of hydrogen-bond acceptors (Lipinski definition) is 0. The van der Waals surface area contributed by atoms with Crippen LogP contribution in [0, 0.1) is 7.14 Å². The molecule has 0 nitrogen and oxygen atoms in total. The maximum absolute atomic E-state index is 5.83. The van der Waals surface area contributed by atoms with Crippen molar-refractivity contribution in [2.24, 2.45) is 0 Å². The summed E-state index contributed by atoms with van der Waals surface area (Å²) in [6, 6.07) is 16.2. The number of hydrogen-bond donors (Lipinski definition) is 0. The van der Waals surface area contributed by atoms with Gasteiger partial charge in [-0.1, -0.05) is 0 Å². The van der Waals surface area contributed by atoms with Crippen molar-refractivity contribution in [1.82, 2.24) is 0 Å². The first-order chi connectivity index (χ1) is 7.24. The molecule has 16 heavy (non-hydrogen) atoms. The third-order valence-corrected chi connectivity index (χ3v) is 5.27. The normalized spacial score (nSPS) is 9.88. The van der Waals surface area contributed by atoms with Crippen LogP contribution in [0.2, 0.25) is 10.0 Å². The van der Waals surface area contributed by atoms with Gasteiger partial charge in [0.2, 0.25) is 0 Å². The molecular weight excluding hydrogens is 377 g/mol. The minimum atomic E-state index is -0.301. The molecule has 2 aromatic rings. The molecule has 0 saturated carbocycles. The summed E-state index contributed by atoms with van der Waals surface area (Å²) in [7, 11) is 0. The van der Waals surface area contributed by atoms with E-state index in [4.69, 9.17) is 23.2 Å². The van der Waals surface area contributed by atoms with Crippen LogP contribution in [-0.4, -0.2) is 0 Å². The third-order valence-electron chi connectivity index (χ3n) is 1.86. The quantitative estimate of drug-likeness (QED) is 0.625. The van der Waals surface area contributed by atoms with Crippen LogP contribution in [0.1, 0.15) is 0 Å². The van der Waals surface area contributed by atoms with Crippen LogP contribution in [0.3, 0.4) is 0 Å². The first-order valence-corrected chi connectivity index (χ1v) is 7.52. The van der Waals surface area contributed by atoms with E-state index in [1.165, 1.54) is 7.14 Å². The molecule has 0 aliphatic rings. The average molecular weight is 387 g/mol. The van der Waals surface area contributed by atoms with Gasteiger partial charge in [0.15, 0.2) is 0 Å². The molecule has 0 fully saturated rings. The summed E-state index contributed by atoms with van der Waals surface area (Å²) in [4.78, 5) is 0. The Morgan fingerprint density at radius 3 is 1.25 bits per heavy atom. The molecule has 86 valence electrons. The predicted octanol–water partition coefficient (Wildman–Crippen LogP) is 5.16. The Bertz CT molecular complexity index is 393. The van der Waals surface area contributed by atoms with E-state index >= 15 is 0 Å². The van der Waals surface area contributed by atoms with Crippen molar-refractivity contribution in [3.8, 4) is 0 Å². The maximum atomic E-state index is 5.83. The molecule has 2 rings (SSSR count). The number of benzene rings is 2. The monoisotopic (exact) mass is 386 g/mol. The van der Waals surface area contributed by atoms with Crippen LogP contribution < -0.4 is 0 Å². The van der Waals surface area contributed by atoms with Gasteiger partial charge >= 0.3 is 110 Å². The van der Waals surface area contributed by atoms with Gasteiger partial charge in [0.25, 0.3) is 0 Å².